The van der Waals surface area contributed by atoms with Crippen LogP contribution in [0.1, 0.15) is 69.8 Å². The van der Waals surface area contributed by atoms with Gasteiger partial charge in [-0.1, -0.05) is 83.1 Å². The molecular formula is C33H42N2O6Si. The number of hydrogen-bond donors (Lipinski definition) is 1. The van der Waals surface area contributed by atoms with E-state index in [1.165, 1.54) is 10.8 Å². The van der Waals surface area contributed by atoms with Crippen molar-refractivity contribution in [2.45, 2.75) is 89.9 Å². The molecule has 2 aliphatic rings. The number of rotatable bonds is 8. The van der Waals surface area contributed by atoms with Crippen molar-refractivity contribution in [3.8, 4) is 11.1 Å². The second kappa shape index (κ2) is 11.4. The predicted octanol–water partition coefficient (Wildman–Crippen LogP) is 5.77. The first-order chi connectivity index (χ1) is 19.8. The zero-order valence-electron chi connectivity index (χ0n) is 25.6. The number of nitrogens with one attached hydrogen (secondary N) is 1. The third-order valence-electron chi connectivity index (χ3n) is 9.38. The third-order valence-corrected chi connectivity index (χ3v) is 13.9. The Hall–Kier alpha value is -3.27. The Morgan fingerprint density at radius 2 is 1.60 bits per heavy atom. The molecule has 2 heterocycles. The van der Waals surface area contributed by atoms with Gasteiger partial charge < -0.3 is 13.9 Å². The number of aromatic amines is 1. The normalized spacial score (nSPS) is 22.2. The van der Waals surface area contributed by atoms with Gasteiger partial charge in [-0.3, -0.25) is 19.1 Å². The first-order valence-corrected chi connectivity index (χ1v) is 17.7. The first-order valence-electron chi connectivity index (χ1n) is 14.8. The van der Waals surface area contributed by atoms with E-state index in [1.807, 2.05) is 24.3 Å². The van der Waals surface area contributed by atoms with Crippen LogP contribution in [0.2, 0.25) is 18.1 Å². The predicted molar refractivity (Wildman–Crippen MR) is 165 cm³/mol. The van der Waals surface area contributed by atoms with Gasteiger partial charge in [-0.15, -0.1) is 0 Å². The summed E-state index contributed by atoms with van der Waals surface area (Å²) in [7, 11) is -2.21. The molecule has 1 fully saturated rings. The summed E-state index contributed by atoms with van der Waals surface area (Å²) in [4.78, 5) is 41.3. The van der Waals surface area contributed by atoms with Gasteiger partial charge >= 0.3 is 11.7 Å². The summed E-state index contributed by atoms with van der Waals surface area (Å²) in [5, 5.41) is -0.0309. The lowest BCUT2D eigenvalue weighted by Gasteiger charge is -2.40. The molecule has 5 rings (SSSR count). The molecule has 8 nitrogen and oxygen atoms in total. The Kier molecular flexibility index (Phi) is 8.22. The lowest BCUT2D eigenvalue weighted by atomic mass is 9.95. The lowest BCUT2D eigenvalue weighted by Crippen LogP contribution is -2.47. The van der Waals surface area contributed by atoms with E-state index in [9.17, 15) is 14.4 Å². The van der Waals surface area contributed by atoms with Crippen molar-refractivity contribution in [1.29, 1.82) is 0 Å². The van der Waals surface area contributed by atoms with Gasteiger partial charge in [0.15, 0.2) is 8.32 Å². The molecule has 0 amide bonds. The number of aromatic nitrogens is 2. The minimum Gasteiger partial charge on any atom is -0.463 e. The zero-order chi connectivity index (χ0) is 30.4. The number of ether oxygens (including phenoxy) is 2. The van der Waals surface area contributed by atoms with E-state index in [4.69, 9.17) is 13.9 Å². The number of carbonyl (C=O) groups excluding carboxylic acids is 1. The highest BCUT2D eigenvalue weighted by atomic mass is 28.4. The molecule has 2 aromatic carbocycles. The quantitative estimate of drug-likeness (QED) is 0.264. The fourth-order valence-corrected chi connectivity index (χ4v) is 7.30. The van der Waals surface area contributed by atoms with Crippen molar-refractivity contribution in [2.75, 3.05) is 6.61 Å². The number of fused-ring (bicyclic) bond motifs is 3. The van der Waals surface area contributed by atoms with Crippen molar-refractivity contribution >= 4 is 14.3 Å². The van der Waals surface area contributed by atoms with Crippen LogP contribution in [0.4, 0.5) is 0 Å². The van der Waals surface area contributed by atoms with Crippen LogP contribution in [0, 0.1) is 5.92 Å². The zero-order valence-corrected chi connectivity index (χ0v) is 26.6. The standard InChI is InChI=1S/C33H42N2O6Si/c1-8-27-20(2)29(41-42(6,7)33(3,4)5)30(40-27)25-17-35(32(38)34-31(25)37)18-28(36)39-19-26-23-15-11-9-13-21(23)22-14-10-12-16-24(22)26/h9-17,20,26-27,29-30H,8,18-19H2,1-7H3,(H,34,37,38)/t20?,27-,29+,30+/m1/s1. The highest BCUT2D eigenvalue weighted by Gasteiger charge is 2.49. The fraction of sp³-hybridized carbons (Fsp3) is 0.485. The van der Waals surface area contributed by atoms with Gasteiger partial charge in [0, 0.05) is 18.0 Å². The van der Waals surface area contributed by atoms with E-state index < -0.39 is 31.6 Å². The Balaban J connectivity index is 1.36. The third kappa shape index (κ3) is 5.57. The van der Waals surface area contributed by atoms with Crippen molar-refractivity contribution < 1.29 is 18.7 Å². The SMILES string of the molecule is CC[C@H]1O[C@@H](c2cn(CC(=O)OCC3c4ccccc4-c4ccccc43)c(=O)[nH]c2=O)[C@@H](O[Si](C)(C)C(C)(C)C)C1C. The number of esters is 1. The highest BCUT2D eigenvalue weighted by molar-refractivity contribution is 6.74. The molecule has 1 aromatic heterocycles. The van der Waals surface area contributed by atoms with Gasteiger partial charge in [0.05, 0.1) is 17.8 Å². The first kappa shape index (κ1) is 30.2. The summed E-state index contributed by atoms with van der Waals surface area (Å²) < 4.78 is 20.1. The Labute approximate surface area is 248 Å². The maximum absolute atomic E-state index is 13.1. The topological polar surface area (TPSA) is 99.6 Å². The minimum atomic E-state index is -2.21. The average molecular weight is 591 g/mol. The molecule has 0 saturated carbocycles. The summed E-state index contributed by atoms with van der Waals surface area (Å²) in [5.74, 6) is -0.592. The van der Waals surface area contributed by atoms with Crippen molar-refractivity contribution in [3.63, 3.8) is 0 Å². The van der Waals surface area contributed by atoms with Gasteiger partial charge in [0.1, 0.15) is 19.3 Å². The Morgan fingerprint density at radius 1 is 1.00 bits per heavy atom. The second-order valence-electron chi connectivity index (χ2n) is 13.1. The van der Waals surface area contributed by atoms with Gasteiger partial charge in [0.2, 0.25) is 0 Å². The highest BCUT2D eigenvalue weighted by Crippen LogP contribution is 2.46. The molecule has 1 saturated heterocycles. The fourth-order valence-electron chi connectivity index (χ4n) is 5.93. The number of carbonyl (C=O) groups is 1. The second-order valence-corrected chi connectivity index (χ2v) is 17.8. The van der Waals surface area contributed by atoms with E-state index in [0.29, 0.717) is 0 Å². The number of nitrogens with zero attached hydrogens (tertiary/aromatic N) is 1. The number of hydrogen-bond acceptors (Lipinski definition) is 6. The van der Waals surface area contributed by atoms with E-state index >= 15 is 0 Å². The monoisotopic (exact) mass is 590 g/mol. The minimum absolute atomic E-state index is 0.0309. The van der Waals surface area contributed by atoms with Crippen LogP contribution >= 0.6 is 0 Å². The molecule has 0 bridgehead atoms. The molecule has 4 atom stereocenters. The lowest BCUT2D eigenvalue weighted by molar-refractivity contribution is -0.144. The van der Waals surface area contributed by atoms with Gasteiger partial charge in [-0.05, 0) is 46.8 Å². The van der Waals surface area contributed by atoms with Crippen LogP contribution in [-0.2, 0) is 25.2 Å². The molecule has 1 aliphatic heterocycles. The van der Waals surface area contributed by atoms with Crippen LogP contribution in [-0.4, -0.2) is 42.7 Å². The van der Waals surface area contributed by atoms with Crippen molar-refractivity contribution in [1.82, 2.24) is 9.55 Å². The average Bonchev–Trinajstić information content (AvgIpc) is 3.42. The van der Waals surface area contributed by atoms with Crippen molar-refractivity contribution in [3.05, 3.63) is 92.3 Å². The van der Waals surface area contributed by atoms with Crippen LogP contribution in [0.5, 0.6) is 0 Å². The smallest absolute Gasteiger partial charge is 0.328 e. The van der Waals surface area contributed by atoms with E-state index in [-0.39, 0.29) is 47.8 Å². The van der Waals surface area contributed by atoms with Gasteiger partial charge in [-0.25, -0.2) is 4.79 Å². The molecule has 3 aromatic rings. The van der Waals surface area contributed by atoms with Crippen LogP contribution in [0.15, 0.2) is 64.3 Å². The molecule has 1 unspecified atom stereocenters. The summed E-state index contributed by atoms with van der Waals surface area (Å²) in [6, 6.07) is 16.2. The van der Waals surface area contributed by atoms with E-state index in [0.717, 1.165) is 28.7 Å². The molecule has 1 N–H and O–H groups in total. The van der Waals surface area contributed by atoms with Crippen LogP contribution in [0.25, 0.3) is 11.1 Å². The van der Waals surface area contributed by atoms with Crippen LogP contribution < -0.4 is 11.2 Å². The molecular weight excluding hydrogens is 548 g/mol. The molecule has 224 valence electrons. The molecule has 42 heavy (non-hydrogen) atoms. The molecule has 9 heteroatoms. The van der Waals surface area contributed by atoms with Gasteiger partial charge in [-0.2, -0.15) is 0 Å². The molecule has 0 radical (unpaired) electrons. The van der Waals surface area contributed by atoms with E-state index in [1.54, 1.807) is 0 Å². The van der Waals surface area contributed by atoms with Gasteiger partial charge in [0.25, 0.3) is 5.56 Å². The van der Waals surface area contributed by atoms with Crippen molar-refractivity contribution in [2.24, 2.45) is 5.92 Å². The largest absolute Gasteiger partial charge is 0.463 e. The number of H-pyrrole nitrogens is 1. The summed E-state index contributed by atoms with van der Waals surface area (Å²) in [6.07, 6.45) is 1.12. The van der Waals surface area contributed by atoms with E-state index in [2.05, 4.69) is 77.0 Å². The Morgan fingerprint density at radius 3 is 2.17 bits per heavy atom. The van der Waals surface area contributed by atoms with Crippen LogP contribution in [0.3, 0.4) is 0 Å². The number of benzene rings is 2. The Bertz CT molecular complexity index is 1540. The molecule has 0 spiro atoms. The maximum Gasteiger partial charge on any atom is 0.328 e. The summed E-state index contributed by atoms with van der Waals surface area (Å²) in [6.45, 7) is 14.8. The summed E-state index contributed by atoms with van der Waals surface area (Å²) >= 11 is 0. The maximum atomic E-state index is 13.1. The molecule has 1 aliphatic carbocycles. The summed E-state index contributed by atoms with van der Waals surface area (Å²) in [5.41, 5.74) is 3.59.